The zero-order valence-electron chi connectivity index (χ0n) is 14.5. The molecular weight excluding hydrogens is 336 g/mol. The molecule has 3 heterocycles. The summed E-state index contributed by atoms with van der Waals surface area (Å²) < 4.78 is 1.45. The fourth-order valence-corrected chi connectivity index (χ4v) is 3.88. The highest BCUT2D eigenvalue weighted by Crippen LogP contribution is 2.23. The molecule has 0 aromatic carbocycles. The third kappa shape index (κ3) is 4.69. The molecule has 6 nitrogen and oxygen atoms in total. The van der Waals surface area contributed by atoms with Crippen LogP contribution in [-0.4, -0.2) is 28.8 Å². The maximum absolute atomic E-state index is 12.2. The van der Waals surface area contributed by atoms with Crippen molar-refractivity contribution in [3.8, 4) is 0 Å². The summed E-state index contributed by atoms with van der Waals surface area (Å²) in [6, 6.07) is 5.67. The lowest BCUT2D eigenvalue weighted by atomic mass is 9.94. The number of amides is 1. The van der Waals surface area contributed by atoms with Crippen molar-refractivity contribution in [2.45, 2.75) is 39.3 Å². The molecule has 0 saturated carbocycles. The Bertz CT molecular complexity index is 757. The third-order valence-corrected chi connectivity index (χ3v) is 5.43. The van der Waals surface area contributed by atoms with E-state index in [4.69, 9.17) is 0 Å². The number of anilines is 1. The summed E-state index contributed by atoms with van der Waals surface area (Å²) >= 11 is 1.65. The van der Waals surface area contributed by atoms with Crippen LogP contribution in [0.5, 0.6) is 0 Å². The van der Waals surface area contributed by atoms with Gasteiger partial charge in [0.05, 0.1) is 18.4 Å². The molecule has 0 radical (unpaired) electrons. The standard InChI is InChI=1S/C18H24N4O2S/c1-2-22-18(24)10-15(11-20-22)21-7-3-5-14(13-21)9-17(23)19-12-16-6-4-8-25-16/h4,6,8,10-11,14H,2-3,5,7,9,12-13H2,1H3,(H,19,23). The van der Waals surface area contributed by atoms with Crippen LogP contribution in [0.2, 0.25) is 0 Å². The van der Waals surface area contributed by atoms with Gasteiger partial charge in [0.25, 0.3) is 5.56 Å². The summed E-state index contributed by atoms with van der Waals surface area (Å²) in [7, 11) is 0. The SMILES string of the molecule is CCn1ncc(N2CCCC(CC(=O)NCc3cccs3)C2)cc1=O. The number of rotatable bonds is 6. The molecule has 1 aliphatic heterocycles. The molecule has 1 atom stereocenters. The van der Waals surface area contributed by atoms with Gasteiger partial charge in [-0.25, -0.2) is 4.68 Å². The van der Waals surface area contributed by atoms with Gasteiger partial charge in [-0.2, -0.15) is 5.10 Å². The number of thiophene rings is 1. The Morgan fingerprint density at radius 3 is 3.08 bits per heavy atom. The Balaban J connectivity index is 1.54. The average molecular weight is 360 g/mol. The van der Waals surface area contributed by atoms with Crippen LogP contribution in [0.25, 0.3) is 0 Å². The first kappa shape index (κ1) is 17.7. The molecule has 1 saturated heterocycles. The van der Waals surface area contributed by atoms with Crippen molar-refractivity contribution < 1.29 is 4.79 Å². The third-order valence-electron chi connectivity index (χ3n) is 4.55. The Morgan fingerprint density at radius 1 is 1.48 bits per heavy atom. The van der Waals surface area contributed by atoms with Gasteiger partial charge in [0.2, 0.25) is 5.91 Å². The molecule has 2 aromatic rings. The summed E-state index contributed by atoms with van der Waals surface area (Å²) in [5.41, 5.74) is 0.786. The summed E-state index contributed by atoms with van der Waals surface area (Å²) in [5, 5.41) is 9.21. The highest BCUT2D eigenvalue weighted by Gasteiger charge is 2.23. The molecule has 134 valence electrons. The van der Waals surface area contributed by atoms with E-state index >= 15 is 0 Å². The van der Waals surface area contributed by atoms with Gasteiger partial charge < -0.3 is 10.2 Å². The van der Waals surface area contributed by atoms with Crippen LogP contribution in [-0.2, 0) is 17.9 Å². The summed E-state index contributed by atoms with van der Waals surface area (Å²) in [6.45, 7) is 4.78. The van der Waals surface area contributed by atoms with Crippen LogP contribution < -0.4 is 15.8 Å². The molecule has 25 heavy (non-hydrogen) atoms. The van der Waals surface area contributed by atoms with E-state index in [0.29, 0.717) is 25.4 Å². The first-order valence-electron chi connectivity index (χ1n) is 8.77. The molecule has 3 rings (SSSR count). The van der Waals surface area contributed by atoms with Crippen molar-refractivity contribution in [2.75, 3.05) is 18.0 Å². The highest BCUT2D eigenvalue weighted by atomic mass is 32.1. The maximum atomic E-state index is 12.2. The topological polar surface area (TPSA) is 67.2 Å². The van der Waals surface area contributed by atoms with Gasteiger partial charge >= 0.3 is 0 Å². The molecular formula is C18H24N4O2S. The zero-order valence-corrected chi connectivity index (χ0v) is 15.3. The maximum Gasteiger partial charge on any atom is 0.268 e. The Hall–Kier alpha value is -2.15. The predicted octanol–water partition coefficient (Wildman–Crippen LogP) is 2.25. The van der Waals surface area contributed by atoms with Crippen LogP contribution in [0.3, 0.4) is 0 Å². The van der Waals surface area contributed by atoms with Gasteiger partial charge in [0.15, 0.2) is 0 Å². The summed E-state index contributed by atoms with van der Waals surface area (Å²) in [5.74, 6) is 0.408. The van der Waals surface area contributed by atoms with Gasteiger partial charge in [0, 0.05) is 37.0 Å². The number of hydrogen-bond donors (Lipinski definition) is 1. The van der Waals surface area contributed by atoms with Gasteiger partial charge in [-0.1, -0.05) is 6.07 Å². The summed E-state index contributed by atoms with van der Waals surface area (Å²) in [4.78, 5) is 27.5. The summed E-state index contributed by atoms with van der Waals surface area (Å²) in [6.07, 6.45) is 4.35. The number of aromatic nitrogens is 2. The van der Waals surface area contributed by atoms with E-state index in [-0.39, 0.29) is 11.5 Å². The normalized spacial score (nSPS) is 17.5. The van der Waals surface area contributed by atoms with E-state index in [2.05, 4.69) is 15.3 Å². The number of piperidine rings is 1. The lowest BCUT2D eigenvalue weighted by Crippen LogP contribution is -2.38. The molecule has 0 spiro atoms. The first-order valence-corrected chi connectivity index (χ1v) is 9.65. The first-order chi connectivity index (χ1) is 12.2. The molecule has 0 bridgehead atoms. The number of carbonyl (C=O) groups excluding carboxylic acids is 1. The molecule has 7 heteroatoms. The average Bonchev–Trinajstić information content (AvgIpc) is 3.14. The van der Waals surface area contributed by atoms with E-state index in [9.17, 15) is 9.59 Å². The zero-order chi connectivity index (χ0) is 17.6. The number of hydrogen-bond acceptors (Lipinski definition) is 5. The number of nitrogens with zero attached hydrogens (tertiary/aromatic N) is 3. The highest BCUT2D eigenvalue weighted by molar-refractivity contribution is 7.09. The Kier molecular flexibility index (Phi) is 5.86. The van der Waals surface area contributed by atoms with E-state index in [1.54, 1.807) is 23.6 Å². The fourth-order valence-electron chi connectivity index (χ4n) is 3.23. The second-order valence-electron chi connectivity index (χ2n) is 6.38. The molecule has 1 unspecified atom stereocenters. The minimum atomic E-state index is -0.0733. The molecule has 1 N–H and O–H groups in total. The van der Waals surface area contributed by atoms with E-state index in [1.165, 1.54) is 9.56 Å². The minimum absolute atomic E-state index is 0.0733. The molecule has 1 amide bonds. The lowest BCUT2D eigenvalue weighted by molar-refractivity contribution is -0.122. The monoisotopic (exact) mass is 360 g/mol. The Morgan fingerprint density at radius 2 is 2.36 bits per heavy atom. The van der Waals surface area contributed by atoms with Gasteiger partial charge in [0.1, 0.15) is 0 Å². The van der Waals surface area contributed by atoms with Crippen LogP contribution in [0, 0.1) is 5.92 Å². The smallest absolute Gasteiger partial charge is 0.268 e. The minimum Gasteiger partial charge on any atom is -0.370 e. The Labute approximate surface area is 151 Å². The van der Waals surface area contributed by atoms with Gasteiger partial charge in [-0.15, -0.1) is 11.3 Å². The number of carbonyl (C=O) groups is 1. The van der Waals surface area contributed by atoms with Crippen molar-refractivity contribution in [3.05, 3.63) is 45.0 Å². The van der Waals surface area contributed by atoms with Crippen molar-refractivity contribution in [3.63, 3.8) is 0 Å². The second kappa shape index (κ2) is 8.29. The van der Waals surface area contributed by atoms with Crippen LogP contribution in [0.1, 0.15) is 31.1 Å². The molecule has 0 aliphatic carbocycles. The van der Waals surface area contributed by atoms with Crippen LogP contribution in [0.15, 0.2) is 34.6 Å². The number of nitrogens with one attached hydrogen (secondary N) is 1. The predicted molar refractivity (Wildman–Crippen MR) is 99.9 cm³/mol. The second-order valence-corrected chi connectivity index (χ2v) is 7.41. The van der Waals surface area contributed by atoms with Crippen molar-refractivity contribution in [1.29, 1.82) is 0 Å². The van der Waals surface area contributed by atoms with E-state index < -0.39 is 0 Å². The molecule has 1 aliphatic rings. The van der Waals surface area contributed by atoms with Gasteiger partial charge in [-0.05, 0) is 37.1 Å². The van der Waals surface area contributed by atoms with Crippen LogP contribution >= 0.6 is 11.3 Å². The van der Waals surface area contributed by atoms with Crippen molar-refractivity contribution in [2.24, 2.45) is 5.92 Å². The van der Waals surface area contributed by atoms with Gasteiger partial charge in [-0.3, -0.25) is 9.59 Å². The van der Waals surface area contributed by atoms with Crippen molar-refractivity contribution >= 4 is 22.9 Å². The molecule has 1 fully saturated rings. The fraction of sp³-hybridized carbons (Fsp3) is 0.500. The largest absolute Gasteiger partial charge is 0.370 e. The van der Waals surface area contributed by atoms with Crippen LogP contribution in [0.4, 0.5) is 5.69 Å². The van der Waals surface area contributed by atoms with E-state index in [1.807, 2.05) is 24.4 Å². The van der Waals surface area contributed by atoms with E-state index in [0.717, 1.165) is 31.6 Å². The molecule has 2 aromatic heterocycles. The quantitative estimate of drug-likeness (QED) is 0.858. The lowest BCUT2D eigenvalue weighted by Gasteiger charge is -2.33. The number of aryl methyl sites for hydroxylation is 1. The van der Waals surface area contributed by atoms with Crippen molar-refractivity contribution in [1.82, 2.24) is 15.1 Å².